The number of carbonyl (C=O) groups is 1. The van der Waals surface area contributed by atoms with Crippen LogP contribution in [0.4, 0.5) is 10.1 Å². The molecule has 0 aliphatic carbocycles. The Hall–Kier alpha value is -2.36. The summed E-state index contributed by atoms with van der Waals surface area (Å²) < 4.78 is 18.7. The third-order valence-electron chi connectivity index (χ3n) is 2.91. The molecule has 0 aliphatic rings. The number of carbonyl (C=O) groups excluding carboxylic acids is 1. The van der Waals surface area contributed by atoms with E-state index in [0.717, 1.165) is 5.56 Å². The zero-order valence-corrected chi connectivity index (χ0v) is 10.5. The van der Waals surface area contributed by atoms with Gasteiger partial charge in [-0.3, -0.25) is 4.79 Å². The summed E-state index contributed by atoms with van der Waals surface area (Å²) in [6, 6.07) is 12.5. The van der Waals surface area contributed by atoms with Crippen molar-refractivity contribution in [1.29, 1.82) is 0 Å². The molecule has 4 heteroatoms. The number of rotatable bonds is 3. The van der Waals surface area contributed by atoms with E-state index < -0.39 is 11.8 Å². The van der Waals surface area contributed by atoms with Gasteiger partial charge in [0.05, 0.1) is 19.2 Å². The maximum atomic E-state index is 14.1. The molecule has 0 atom stereocenters. The third kappa shape index (κ3) is 2.73. The molecule has 2 N–H and O–H groups in total. The second-order valence-electron chi connectivity index (χ2n) is 4.11. The Morgan fingerprint density at radius 3 is 2.53 bits per heavy atom. The van der Waals surface area contributed by atoms with Gasteiger partial charge in [0.2, 0.25) is 0 Å². The molecule has 0 amide bonds. The Labute approximate surface area is 110 Å². The normalized spacial score (nSPS) is 10.2. The van der Waals surface area contributed by atoms with Gasteiger partial charge < -0.3 is 10.5 Å². The van der Waals surface area contributed by atoms with Crippen molar-refractivity contribution >= 4 is 11.7 Å². The fourth-order valence-electron chi connectivity index (χ4n) is 1.92. The second kappa shape index (κ2) is 5.52. The van der Waals surface area contributed by atoms with Crippen LogP contribution in [0.5, 0.6) is 0 Å². The molecule has 0 aliphatic heterocycles. The number of nitrogen functional groups attached to an aromatic ring is 1. The van der Waals surface area contributed by atoms with E-state index in [-0.39, 0.29) is 17.7 Å². The van der Waals surface area contributed by atoms with Crippen molar-refractivity contribution in [1.82, 2.24) is 0 Å². The highest BCUT2D eigenvalue weighted by Crippen LogP contribution is 2.29. The first-order chi connectivity index (χ1) is 9.13. The van der Waals surface area contributed by atoms with Crippen LogP contribution in [0.1, 0.15) is 5.56 Å². The summed E-state index contributed by atoms with van der Waals surface area (Å²) in [6.45, 7) is 0. The number of benzene rings is 2. The number of hydrogen-bond acceptors (Lipinski definition) is 3. The maximum Gasteiger partial charge on any atom is 0.310 e. The van der Waals surface area contributed by atoms with Gasteiger partial charge in [-0.1, -0.05) is 36.4 Å². The second-order valence-corrected chi connectivity index (χ2v) is 4.11. The zero-order chi connectivity index (χ0) is 13.8. The van der Waals surface area contributed by atoms with E-state index in [9.17, 15) is 9.18 Å². The van der Waals surface area contributed by atoms with Crippen molar-refractivity contribution in [3.05, 3.63) is 53.8 Å². The van der Waals surface area contributed by atoms with E-state index in [1.54, 1.807) is 6.07 Å². The van der Waals surface area contributed by atoms with Crippen LogP contribution in [-0.2, 0) is 16.0 Å². The van der Waals surface area contributed by atoms with Crippen molar-refractivity contribution in [2.24, 2.45) is 0 Å². The molecule has 98 valence electrons. The molecule has 0 bridgehead atoms. The van der Waals surface area contributed by atoms with Gasteiger partial charge >= 0.3 is 5.97 Å². The van der Waals surface area contributed by atoms with Crippen LogP contribution in [-0.4, -0.2) is 13.1 Å². The summed E-state index contributed by atoms with van der Waals surface area (Å²) in [7, 11) is 1.27. The fraction of sp³-hybridized carbons (Fsp3) is 0.133. The molecule has 0 heterocycles. The highest BCUT2D eigenvalue weighted by molar-refractivity contribution is 5.79. The number of anilines is 1. The van der Waals surface area contributed by atoms with Gasteiger partial charge in [0.1, 0.15) is 5.82 Å². The molecule has 2 aromatic rings. The number of halogens is 1. The fourth-order valence-corrected chi connectivity index (χ4v) is 1.92. The lowest BCUT2D eigenvalue weighted by Gasteiger charge is -2.11. The molecule has 19 heavy (non-hydrogen) atoms. The predicted molar refractivity (Wildman–Crippen MR) is 72.0 cm³/mol. The Kier molecular flexibility index (Phi) is 3.80. The van der Waals surface area contributed by atoms with E-state index in [0.29, 0.717) is 5.56 Å². The van der Waals surface area contributed by atoms with Gasteiger partial charge in [-0.25, -0.2) is 4.39 Å². The van der Waals surface area contributed by atoms with Crippen LogP contribution < -0.4 is 5.73 Å². The summed E-state index contributed by atoms with van der Waals surface area (Å²) in [5, 5.41) is 0. The first-order valence-corrected chi connectivity index (χ1v) is 5.82. The van der Waals surface area contributed by atoms with Crippen LogP contribution in [0.15, 0.2) is 42.5 Å². The molecule has 2 rings (SSSR count). The molecule has 0 saturated heterocycles. The number of esters is 1. The monoisotopic (exact) mass is 259 g/mol. The number of methoxy groups -OCH3 is 1. The van der Waals surface area contributed by atoms with Gasteiger partial charge in [0.25, 0.3) is 0 Å². The smallest absolute Gasteiger partial charge is 0.310 e. The lowest BCUT2D eigenvalue weighted by Crippen LogP contribution is -2.09. The summed E-state index contributed by atoms with van der Waals surface area (Å²) in [5.41, 5.74) is 7.33. The largest absolute Gasteiger partial charge is 0.469 e. The van der Waals surface area contributed by atoms with E-state index in [4.69, 9.17) is 5.73 Å². The van der Waals surface area contributed by atoms with Crippen molar-refractivity contribution in [2.45, 2.75) is 6.42 Å². The summed E-state index contributed by atoms with van der Waals surface area (Å²) >= 11 is 0. The maximum absolute atomic E-state index is 14.1. The van der Waals surface area contributed by atoms with Gasteiger partial charge in [0.15, 0.2) is 0 Å². The Bertz CT molecular complexity index is 597. The summed E-state index contributed by atoms with van der Waals surface area (Å²) in [6.07, 6.45) is -0.141. The van der Waals surface area contributed by atoms with Crippen molar-refractivity contribution in [3.63, 3.8) is 0 Å². The Morgan fingerprint density at radius 2 is 1.89 bits per heavy atom. The number of ether oxygens (including phenoxy) is 1. The van der Waals surface area contributed by atoms with E-state index in [1.165, 1.54) is 13.2 Å². The number of nitrogens with two attached hydrogens (primary N) is 1. The first kappa shape index (κ1) is 13.1. The highest BCUT2D eigenvalue weighted by atomic mass is 19.1. The minimum Gasteiger partial charge on any atom is -0.469 e. The average molecular weight is 259 g/mol. The molecule has 0 spiro atoms. The van der Waals surface area contributed by atoms with Crippen LogP contribution in [0, 0.1) is 5.82 Å². The van der Waals surface area contributed by atoms with Crippen LogP contribution in [0.25, 0.3) is 11.1 Å². The summed E-state index contributed by atoms with van der Waals surface area (Å²) in [5.74, 6) is -1.06. The molecule has 3 nitrogen and oxygen atoms in total. The molecule has 0 fully saturated rings. The Morgan fingerprint density at radius 1 is 1.21 bits per heavy atom. The minimum absolute atomic E-state index is 0.0265. The quantitative estimate of drug-likeness (QED) is 0.681. The molecule has 0 unspecified atom stereocenters. The third-order valence-corrected chi connectivity index (χ3v) is 2.91. The van der Waals surface area contributed by atoms with E-state index in [2.05, 4.69) is 4.74 Å². The lowest BCUT2D eigenvalue weighted by atomic mass is 9.96. The van der Waals surface area contributed by atoms with Crippen molar-refractivity contribution in [3.8, 4) is 11.1 Å². The van der Waals surface area contributed by atoms with Gasteiger partial charge in [-0.05, 0) is 17.2 Å². The first-order valence-electron chi connectivity index (χ1n) is 5.82. The zero-order valence-electron chi connectivity index (χ0n) is 10.5. The molecule has 0 radical (unpaired) electrons. The molecule has 2 aromatic carbocycles. The van der Waals surface area contributed by atoms with Crippen LogP contribution in [0.2, 0.25) is 0 Å². The Balaban J connectivity index is 2.55. The standard InChI is InChI=1S/C15H14FNO2/c1-19-14(18)9-12-11(7-8-13(17)15(12)16)10-5-3-2-4-6-10/h2-8H,9,17H2,1H3. The summed E-state index contributed by atoms with van der Waals surface area (Å²) in [4.78, 5) is 11.4. The van der Waals surface area contributed by atoms with Crippen molar-refractivity contribution in [2.75, 3.05) is 12.8 Å². The van der Waals surface area contributed by atoms with Crippen LogP contribution in [0.3, 0.4) is 0 Å². The molecular weight excluding hydrogens is 245 g/mol. The van der Waals surface area contributed by atoms with Gasteiger partial charge in [0, 0.05) is 5.56 Å². The van der Waals surface area contributed by atoms with Gasteiger partial charge in [-0.2, -0.15) is 0 Å². The number of hydrogen-bond donors (Lipinski definition) is 1. The molecule has 0 aromatic heterocycles. The van der Waals surface area contributed by atoms with Gasteiger partial charge in [-0.15, -0.1) is 0 Å². The van der Waals surface area contributed by atoms with Crippen molar-refractivity contribution < 1.29 is 13.9 Å². The minimum atomic E-state index is -0.563. The highest BCUT2D eigenvalue weighted by Gasteiger charge is 2.16. The lowest BCUT2D eigenvalue weighted by molar-refractivity contribution is -0.139. The predicted octanol–water partition coefficient (Wildman–Crippen LogP) is 2.79. The SMILES string of the molecule is COC(=O)Cc1c(-c2ccccc2)ccc(N)c1F. The van der Waals surface area contributed by atoms with E-state index >= 15 is 0 Å². The van der Waals surface area contributed by atoms with E-state index in [1.807, 2.05) is 30.3 Å². The molecule has 0 saturated carbocycles. The average Bonchev–Trinajstić information content (AvgIpc) is 2.45. The molecular formula is C15H14FNO2. The van der Waals surface area contributed by atoms with Crippen LogP contribution >= 0.6 is 0 Å². The topological polar surface area (TPSA) is 52.3 Å².